The van der Waals surface area contributed by atoms with Gasteiger partial charge in [-0.1, -0.05) is 0 Å². The number of carbonyl (C=O) groups excluding carboxylic acids is 1. The molecule has 1 amide bonds. The molecule has 0 saturated heterocycles. The molecule has 1 aromatic carbocycles. The number of nitrogens with zero attached hydrogens (tertiary/aromatic N) is 3. The van der Waals surface area contributed by atoms with E-state index in [-0.39, 0.29) is 24.6 Å². The van der Waals surface area contributed by atoms with E-state index in [9.17, 15) is 18.0 Å². The van der Waals surface area contributed by atoms with Gasteiger partial charge in [-0.25, -0.2) is 4.98 Å². The van der Waals surface area contributed by atoms with Gasteiger partial charge < -0.3 is 14.6 Å². The van der Waals surface area contributed by atoms with Crippen molar-refractivity contribution in [1.82, 2.24) is 25.1 Å². The minimum Gasteiger partial charge on any atom is -0.491 e. The molecule has 0 spiro atoms. The zero-order valence-electron chi connectivity index (χ0n) is 16.5. The lowest BCUT2D eigenvalue weighted by Crippen LogP contribution is -2.43. The second-order valence-corrected chi connectivity index (χ2v) is 7.81. The number of rotatable bonds is 3. The highest BCUT2D eigenvalue weighted by Gasteiger charge is 2.33. The van der Waals surface area contributed by atoms with Crippen LogP contribution in [0.15, 0.2) is 30.5 Å². The molecule has 7 nitrogen and oxygen atoms in total. The zero-order valence-corrected chi connectivity index (χ0v) is 16.5. The molecule has 1 atom stereocenters. The maximum atomic E-state index is 13.1. The molecule has 0 radical (unpaired) electrons. The summed E-state index contributed by atoms with van der Waals surface area (Å²) in [5.74, 6) is 0.880. The van der Waals surface area contributed by atoms with Crippen LogP contribution in [0.2, 0.25) is 0 Å². The van der Waals surface area contributed by atoms with Gasteiger partial charge in [-0.05, 0) is 49.1 Å². The Balaban J connectivity index is 1.40. The average Bonchev–Trinajstić information content (AvgIpc) is 3.40. The number of nitrogens with one attached hydrogen (secondary N) is 2. The normalized spacial score (nSPS) is 18.1. The van der Waals surface area contributed by atoms with E-state index in [1.807, 2.05) is 4.57 Å². The molecule has 10 heteroatoms. The first-order valence-electron chi connectivity index (χ1n) is 10.1. The number of H-pyrrole nitrogens is 1. The number of aromatic nitrogens is 4. The van der Waals surface area contributed by atoms with Crippen LogP contribution in [-0.4, -0.2) is 38.3 Å². The first-order chi connectivity index (χ1) is 14.9. The molecule has 0 bridgehead atoms. The maximum Gasteiger partial charge on any atom is 0.416 e. The molecular formula is C21H20F3N5O2. The highest BCUT2D eigenvalue weighted by Crippen LogP contribution is 2.34. The van der Waals surface area contributed by atoms with E-state index in [1.54, 1.807) is 12.3 Å². The molecule has 4 heterocycles. The van der Waals surface area contributed by atoms with Crippen LogP contribution in [0.3, 0.4) is 0 Å². The number of amides is 1. The molecule has 3 aromatic rings. The lowest BCUT2D eigenvalue weighted by Gasteiger charge is -2.26. The van der Waals surface area contributed by atoms with E-state index >= 15 is 0 Å². The largest absolute Gasteiger partial charge is 0.491 e. The molecule has 0 fully saturated rings. The van der Waals surface area contributed by atoms with Gasteiger partial charge in [0.1, 0.15) is 18.2 Å². The van der Waals surface area contributed by atoms with Crippen LogP contribution in [0.25, 0.3) is 11.4 Å². The summed E-state index contributed by atoms with van der Waals surface area (Å²) in [6.45, 7) is 0.946. The molecule has 162 valence electrons. The molecule has 2 aromatic heterocycles. The number of imidazole rings is 1. The van der Waals surface area contributed by atoms with Gasteiger partial charge in [0, 0.05) is 19.2 Å². The lowest BCUT2D eigenvalue weighted by molar-refractivity contribution is -0.137. The highest BCUT2D eigenvalue weighted by atomic mass is 19.4. The third kappa shape index (κ3) is 3.66. The first kappa shape index (κ1) is 19.7. The minimum atomic E-state index is -4.43. The highest BCUT2D eigenvalue weighted by molar-refractivity contribution is 5.98. The van der Waals surface area contributed by atoms with Crippen LogP contribution in [0.1, 0.15) is 40.3 Å². The Kier molecular flexibility index (Phi) is 4.71. The number of halogens is 3. The Labute approximate surface area is 175 Å². The van der Waals surface area contributed by atoms with Crippen molar-refractivity contribution in [2.24, 2.45) is 0 Å². The standard InChI is InChI=1S/C21H20F3N5O2/c22-21(23,24)13-4-5-16-12(9-13)10-14(11-31-16)26-20(30)18-19(15-6-7-25-28-15)29-8-2-1-3-17(29)27-18/h4-7,9,14H,1-3,8,10-11H2,(H,25,28)(H,26,30). The van der Waals surface area contributed by atoms with Gasteiger partial charge in [0.15, 0.2) is 5.69 Å². The number of carbonyl (C=O) groups is 1. The summed E-state index contributed by atoms with van der Waals surface area (Å²) in [5.41, 5.74) is 1.36. The van der Waals surface area contributed by atoms with Crippen molar-refractivity contribution >= 4 is 5.91 Å². The predicted octanol–water partition coefficient (Wildman–Crippen LogP) is 3.36. The quantitative estimate of drug-likeness (QED) is 0.666. The fraction of sp³-hybridized carbons (Fsp3) is 0.381. The van der Waals surface area contributed by atoms with E-state index < -0.39 is 17.8 Å². The molecule has 2 N–H and O–H groups in total. The number of hydrogen-bond acceptors (Lipinski definition) is 4. The molecule has 5 rings (SSSR count). The summed E-state index contributed by atoms with van der Waals surface area (Å²) < 4.78 is 46.8. The van der Waals surface area contributed by atoms with Crippen LogP contribution in [-0.2, 0) is 25.6 Å². The van der Waals surface area contributed by atoms with Crippen LogP contribution < -0.4 is 10.1 Å². The topological polar surface area (TPSA) is 84.8 Å². The van der Waals surface area contributed by atoms with Crippen LogP contribution in [0.4, 0.5) is 13.2 Å². The van der Waals surface area contributed by atoms with Crippen molar-refractivity contribution in [3.05, 3.63) is 53.1 Å². The van der Waals surface area contributed by atoms with Gasteiger partial charge in [-0.15, -0.1) is 0 Å². The van der Waals surface area contributed by atoms with E-state index in [0.29, 0.717) is 22.7 Å². The number of hydrogen-bond donors (Lipinski definition) is 2. The van der Waals surface area contributed by atoms with E-state index in [0.717, 1.165) is 43.8 Å². The van der Waals surface area contributed by atoms with Crippen molar-refractivity contribution < 1.29 is 22.7 Å². The Morgan fingerprint density at radius 3 is 2.90 bits per heavy atom. The lowest BCUT2D eigenvalue weighted by atomic mass is 10.00. The fourth-order valence-electron chi connectivity index (χ4n) is 4.22. The summed E-state index contributed by atoms with van der Waals surface area (Å²) >= 11 is 0. The Morgan fingerprint density at radius 1 is 1.26 bits per heavy atom. The Bertz CT molecular complexity index is 1120. The number of alkyl halides is 3. The monoisotopic (exact) mass is 431 g/mol. The van der Waals surface area contributed by atoms with Crippen molar-refractivity contribution in [1.29, 1.82) is 0 Å². The number of aromatic amines is 1. The molecular weight excluding hydrogens is 411 g/mol. The van der Waals surface area contributed by atoms with Crippen molar-refractivity contribution in [2.45, 2.75) is 44.4 Å². The minimum absolute atomic E-state index is 0.178. The third-order valence-corrected chi connectivity index (χ3v) is 5.68. The second-order valence-electron chi connectivity index (χ2n) is 7.81. The molecule has 31 heavy (non-hydrogen) atoms. The third-order valence-electron chi connectivity index (χ3n) is 5.68. The van der Waals surface area contributed by atoms with E-state index in [2.05, 4.69) is 20.5 Å². The van der Waals surface area contributed by atoms with E-state index in [4.69, 9.17) is 4.74 Å². The van der Waals surface area contributed by atoms with Crippen LogP contribution in [0, 0.1) is 0 Å². The van der Waals surface area contributed by atoms with Crippen molar-refractivity contribution in [3.8, 4) is 17.1 Å². The average molecular weight is 431 g/mol. The summed E-state index contributed by atoms with van der Waals surface area (Å²) in [5, 5.41) is 9.78. The van der Waals surface area contributed by atoms with Crippen LogP contribution >= 0.6 is 0 Å². The van der Waals surface area contributed by atoms with Gasteiger partial charge in [0.2, 0.25) is 0 Å². The Hall–Kier alpha value is -3.30. The van der Waals surface area contributed by atoms with Crippen molar-refractivity contribution in [2.75, 3.05) is 6.61 Å². The van der Waals surface area contributed by atoms with Crippen molar-refractivity contribution in [3.63, 3.8) is 0 Å². The predicted molar refractivity (Wildman–Crippen MR) is 105 cm³/mol. The second kappa shape index (κ2) is 7.44. The number of aryl methyl sites for hydroxylation is 1. The van der Waals surface area contributed by atoms with Gasteiger partial charge in [-0.3, -0.25) is 9.89 Å². The van der Waals surface area contributed by atoms with Gasteiger partial charge in [-0.2, -0.15) is 18.3 Å². The summed E-state index contributed by atoms with van der Waals surface area (Å²) in [7, 11) is 0. The molecule has 1 unspecified atom stereocenters. The SMILES string of the molecule is O=C(NC1COc2ccc(C(F)(F)F)cc2C1)c1nc2n(c1-c1ccn[nH]1)CCCC2. The molecule has 0 aliphatic carbocycles. The Morgan fingerprint density at radius 2 is 2.13 bits per heavy atom. The number of ether oxygens (including phenoxy) is 1. The van der Waals surface area contributed by atoms with Gasteiger partial charge in [0.25, 0.3) is 5.91 Å². The number of fused-ring (bicyclic) bond motifs is 2. The molecule has 2 aliphatic heterocycles. The van der Waals surface area contributed by atoms with Crippen LogP contribution in [0.5, 0.6) is 5.75 Å². The fourth-order valence-corrected chi connectivity index (χ4v) is 4.22. The molecule has 2 aliphatic rings. The summed E-state index contributed by atoms with van der Waals surface area (Å²) in [6.07, 6.45) is 0.228. The van der Waals surface area contributed by atoms with E-state index in [1.165, 1.54) is 6.07 Å². The zero-order chi connectivity index (χ0) is 21.6. The summed E-state index contributed by atoms with van der Waals surface area (Å²) in [4.78, 5) is 17.7. The smallest absolute Gasteiger partial charge is 0.416 e. The van der Waals surface area contributed by atoms with Gasteiger partial charge in [0.05, 0.1) is 23.0 Å². The first-order valence-corrected chi connectivity index (χ1v) is 10.1. The maximum absolute atomic E-state index is 13.1. The number of benzene rings is 1. The molecule has 0 saturated carbocycles. The summed E-state index contributed by atoms with van der Waals surface area (Å²) in [6, 6.07) is 4.74. The van der Waals surface area contributed by atoms with Gasteiger partial charge >= 0.3 is 6.18 Å².